The monoisotopic (exact) mass is 542 g/mol. The summed E-state index contributed by atoms with van der Waals surface area (Å²) in [5.41, 5.74) is 0.518. The molecule has 9 nitrogen and oxygen atoms in total. The van der Waals surface area contributed by atoms with Crippen molar-refractivity contribution in [2.24, 2.45) is 5.92 Å². The van der Waals surface area contributed by atoms with Crippen molar-refractivity contribution < 1.29 is 17.9 Å². The Morgan fingerprint density at radius 1 is 1.21 bits per heavy atom. The fraction of sp³-hybridized carbons (Fsp3) is 0.519. The molecule has 2 saturated heterocycles. The molecule has 0 aliphatic carbocycles. The van der Waals surface area contributed by atoms with Crippen LogP contribution in [0.4, 0.5) is 27.7 Å². The molecule has 0 spiro atoms. The van der Waals surface area contributed by atoms with Gasteiger partial charge in [0.1, 0.15) is 21.5 Å². The topological polar surface area (TPSA) is 112 Å². The standard InChI is InChI=1S/C27H35FN6O3S/c1-5-18-6-7-22(34-14-19(17(34)2)15-38(4,36)37)21-13-30-25(12-20(18)21)31-24-8-10-29-26(32-24)33-11-9-23(35)27(3,28)16-33/h6-8,10,12-13,17,19,23,35H,5,9,11,14-16H2,1-4H3,(H,29,30,31,32)/t17-,19-,23-,27+/m1/s1. The average Bonchev–Trinajstić information content (AvgIpc) is 2.87. The van der Waals surface area contributed by atoms with Gasteiger partial charge < -0.3 is 20.2 Å². The number of aryl methyl sites for hydroxylation is 1. The van der Waals surface area contributed by atoms with Crippen molar-refractivity contribution >= 4 is 43.9 Å². The fourth-order valence-corrected chi connectivity index (χ4v) is 6.67. The van der Waals surface area contributed by atoms with Crippen LogP contribution in [-0.2, 0) is 16.3 Å². The van der Waals surface area contributed by atoms with Crippen LogP contribution in [0.5, 0.6) is 0 Å². The van der Waals surface area contributed by atoms with E-state index in [1.165, 1.54) is 18.7 Å². The summed E-state index contributed by atoms with van der Waals surface area (Å²) in [4.78, 5) is 17.5. The maximum Gasteiger partial charge on any atom is 0.227 e. The largest absolute Gasteiger partial charge is 0.390 e. The normalized spacial score (nSPS) is 25.9. The Balaban J connectivity index is 1.39. The van der Waals surface area contributed by atoms with Gasteiger partial charge in [0, 0.05) is 54.8 Å². The summed E-state index contributed by atoms with van der Waals surface area (Å²) in [6.45, 7) is 6.78. The number of nitrogens with zero attached hydrogens (tertiary/aromatic N) is 5. The number of piperidine rings is 1. The molecular formula is C27H35FN6O3S. The Bertz CT molecular complexity index is 1450. The Morgan fingerprint density at radius 3 is 2.68 bits per heavy atom. The highest BCUT2D eigenvalue weighted by molar-refractivity contribution is 7.90. The number of pyridine rings is 1. The van der Waals surface area contributed by atoms with Gasteiger partial charge in [0.25, 0.3) is 0 Å². The second-order valence-electron chi connectivity index (χ2n) is 10.8. The molecule has 4 heterocycles. The molecule has 0 saturated carbocycles. The number of aromatic nitrogens is 3. The number of benzene rings is 1. The molecular weight excluding hydrogens is 507 g/mol. The summed E-state index contributed by atoms with van der Waals surface area (Å²) in [5, 5.41) is 15.3. The van der Waals surface area contributed by atoms with Gasteiger partial charge in [0.05, 0.1) is 18.4 Å². The molecule has 4 atom stereocenters. The molecule has 2 aliphatic rings. The highest BCUT2D eigenvalue weighted by Gasteiger charge is 2.40. The number of halogens is 1. The number of hydrogen-bond acceptors (Lipinski definition) is 9. The highest BCUT2D eigenvalue weighted by atomic mass is 32.2. The molecule has 2 fully saturated rings. The zero-order valence-corrected chi connectivity index (χ0v) is 23.0. The molecule has 3 aromatic rings. The molecule has 2 N–H and O–H groups in total. The van der Waals surface area contributed by atoms with Crippen molar-refractivity contribution in [2.75, 3.05) is 46.8 Å². The predicted molar refractivity (Wildman–Crippen MR) is 149 cm³/mol. The number of fused-ring (bicyclic) bond motifs is 1. The molecule has 38 heavy (non-hydrogen) atoms. The Kier molecular flexibility index (Phi) is 6.93. The first-order valence-corrected chi connectivity index (χ1v) is 15.1. The van der Waals surface area contributed by atoms with E-state index in [-0.39, 0.29) is 24.3 Å². The number of rotatable bonds is 7. The number of hydrogen-bond donors (Lipinski definition) is 2. The summed E-state index contributed by atoms with van der Waals surface area (Å²) in [6, 6.07) is 8.10. The molecule has 5 rings (SSSR count). The summed E-state index contributed by atoms with van der Waals surface area (Å²) in [7, 11) is -3.02. The van der Waals surface area contributed by atoms with Crippen molar-refractivity contribution in [3.8, 4) is 0 Å². The lowest BCUT2D eigenvalue weighted by Gasteiger charge is -2.48. The first-order valence-electron chi connectivity index (χ1n) is 13.0. The van der Waals surface area contributed by atoms with E-state index in [9.17, 15) is 17.9 Å². The summed E-state index contributed by atoms with van der Waals surface area (Å²) in [5.74, 6) is 1.89. The fourth-order valence-electron chi connectivity index (χ4n) is 5.51. The number of aliphatic hydroxyl groups excluding tert-OH is 1. The minimum atomic E-state index is -3.02. The van der Waals surface area contributed by atoms with E-state index in [1.807, 2.05) is 12.3 Å². The quantitative estimate of drug-likeness (QED) is 0.463. The average molecular weight is 543 g/mol. The minimum Gasteiger partial charge on any atom is -0.390 e. The maximum atomic E-state index is 14.7. The van der Waals surface area contributed by atoms with Gasteiger partial charge in [-0.1, -0.05) is 13.0 Å². The van der Waals surface area contributed by atoms with Crippen molar-refractivity contribution in [1.29, 1.82) is 0 Å². The lowest BCUT2D eigenvalue weighted by Crippen LogP contribution is -2.57. The predicted octanol–water partition coefficient (Wildman–Crippen LogP) is 3.50. The van der Waals surface area contributed by atoms with Gasteiger partial charge in [-0.2, -0.15) is 4.98 Å². The molecule has 2 aromatic heterocycles. The van der Waals surface area contributed by atoms with Crippen LogP contribution in [0.15, 0.2) is 36.7 Å². The third kappa shape index (κ3) is 5.26. The van der Waals surface area contributed by atoms with Crippen LogP contribution in [0, 0.1) is 5.92 Å². The molecule has 0 radical (unpaired) electrons. The zero-order chi connectivity index (χ0) is 27.2. The smallest absolute Gasteiger partial charge is 0.227 e. The van der Waals surface area contributed by atoms with Gasteiger partial charge in [0.2, 0.25) is 5.95 Å². The second kappa shape index (κ2) is 9.92. The van der Waals surface area contributed by atoms with Crippen LogP contribution in [0.3, 0.4) is 0 Å². The number of aliphatic hydroxyl groups is 1. The van der Waals surface area contributed by atoms with Crippen LogP contribution < -0.4 is 15.1 Å². The van der Waals surface area contributed by atoms with Crippen molar-refractivity contribution in [1.82, 2.24) is 15.0 Å². The molecule has 2 aliphatic heterocycles. The van der Waals surface area contributed by atoms with E-state index in [2.05, 4.69) is 51.1 Å². The van der Waals surface area contributed by atoms with Crippen LogP contribution in [0.2, 0.25) is 0 Å². The van der Waals surface area contributed by atoms with E-state index in [0.717, 1.165) is 22.9 Å². The number of alkyl halides is 1. The minimum absolute atomic E-state index is 0.0223. The summed E-state index contributed by atoms with van der Waals surface area (Å²) < 4.78 is 38.3. The first kappa shape index (κ1) is 26.6. The Labute approximate surface area is 223 Å². The van der Waals surface area contributed by atoms with Gasteiger partial charge in [-0.25, -0.2) is 22.8 Å². The van der Waals surface area contributed by atoms with Crippen molar-refractivity contribution in [3.63, 3.8) is 0 Å². The van der Waals surface area contributed by atoms with Crippen LogP contribution in [0.1, 0.15) is 32.8 Å². The molecule has 1 aromatic carbocycles. The Hall–Kier alpha value is -3.05. The van der Waals surface area contributed by atoms with Gasteiger partial charge in [-0.15, -0.1) is 0 Å². The van der Waals surface area contributed by atoms with Crippen molar-refractivity contribution in [3.05, 3.63) is 42.2 Å². The van der Waals surface area contributed by atoms with Gasteiger partial charge in [-0.3, -0.25) is 0 Å². The number of anilines is 4. The van der Waals surface area contributed by atoms with Crippen LogP contribution >= 0.6 is 0 Å². The molecule has 204 valence electrons. The highest BCUT2D eigenvalue weighted by Crippen LogP contribution is 2.38. The lowest BCUT2D eigenvalue weighted by atomic mass is 9.89. The zero-order valence-electron chi connectivity index (χ0n) is 22.2. The van der Waals surface area contributed by atoms with Crippen molar-refractivity contribution in [2.45, 2.75) is 51.4 Å². The summed E-state index contributed by atoms with van der Waals surface area (Å²) >= 11 is 0. The second-order valence-corrected chi connectivity index (χ2v) is 13.0. The van der Waals surface area contributed by atoms with Gasteiger partial charge in [-0.05, 0) is 55.8 Å². The summed E-state index contributed by atoms with van der Waals surface area (Å²) in [6.07, 6.45) is 4.94. The van der Waals surface area contributed by atoms with Gasteiger partial charge >= 0.3 is 0 Å². The molecule has 0 bridgehead atoms. The van der Waals surface area contributed by atoms with Crippen LogP contribution in [0.25, 0.3) is 10.8 Å². The first-order chi connectivity index (χ1) is 17.9. The third-order valence-corrected chi connectivity index (χ3v) is 8.86. The van der Waals surface area contributed by atoms with E-state index in [1.54, 1.807) is 17.2 Å². The molecule has 0 amide bonds. The van der Waals surface area contributed by atoms with Gasteiger partial charge in [0.15, 0.2) is 5.67 Å². The van der Waals surface area contributed by atoms with E-state index < -0.39 is 21.6 Å². The van der Waals surface area contributed by atoms with E-state index in [4.69, 9.17) is 0 Å². The number of sulfone groups is 1. The number of nitrogens with one attached hydrogen (secondary N) is 1. The molecule has 11 heteroatoms. The third-order valence-electron chi connectivity index (χ3n) is 7.83. The lowest BCUT2D eigenvalue weighted by molar-refractivity contribution is -0.00860. The van der Waals surface area contributed by atoms with E-state index >= 15 is 0 Å². The Morgan fingerprint density at radius 2 is 2.00 bits per heavy atom. The maximum absolute atomic E-state index is 14.7. The SMILES string of the molecule is CCc1ccc(N2C[C@H](CS(C)(=O)=O)[C@H]2C)c2cnc(Nc3ccnc(N4CC[C@@H](O)[C@@](C)(F)C4)n3)cc12. The van der Waals surface area contributed by atoms with Crippen LogP contribution in [-0.4, -0.2) is 77.9 Å². The molecule has 0 unspecified atom stereocenters. The van der Waals surface area contributed by atoms with E-state index in [0.29, 0.717) is 37.1 Å².